The van der Waals surface area contributed by atoms with E-state index in [0.29, 0.717) is 29.7 Å². The van der Waals surface area contributed by atoms with Crippen LogP contribution in [-0.2, 0) is 4.79 Å². The van der Waals surface area contributed by atoms with Crippen LogP contribution in [-0.4, -0.2) is 33.5 Å². The van der Waals surface area contributed by atoms with Gasteiger partial charge in [-0.15, -0.1) is 0 Å². The Labute approximate surface area is 201 Å². The maximum atomic E-state index is 14.0. The van der Waals surface area contributed by atoms with Crippen LogP contribution in [0.4, 0.5) is 13.2 Å². The summed E-state index contributed by atoms with van der Waals surface area (Å²) in [7, 11) is 1.59. The Morgan fingerprint density at radius 1 is 1.09 bits per heavy atom. The van der Waals surface area contributed by atoms with Gasteiger partial charge in [-0.25, -0.2) is 18.2 Å². The van der Waals surface area contributed by atoms with Crippen LogP contribution in [0.1, 0.15) is 55.0 Å². The Morgan fingerprint density at radius 3 is 2.54 bits per heavy atom. The number of aryl methyl sites for hydroxylation is 1. The van der Waals surface area contributed by atoms with Crippen molar-refractivity contribution in [2.24, 2.45) is 0 Å². The fourth-order valence-corrected chi connectivity index (χ4v) is 5.25. The quantitative estimate of drug-likeness (QED) is 0.344. The number of hydrogen-bond acceptors (Lipinski definition) is 3. The molecule has 0 saturated carbocycles. The summed E-state index contributed by atoms with van der Waals surface area (Å²) >= 11 is 0. The molecule has 0 radical (unpaired) electrons. The molecule has 0 aliphatic carbocycles. The molecule has 2 aromatic carbocycles. The van der Waals surface area contributed by atoms with E-state index in [1.165, 1.54) is 0 Å². The van der Waals surface area contributed by atoms with E-state index in [9.17, 15) is 18.0 Å². The molecule has 3 heterocycles. The van der Waals surface area contributed by atoms with Crippen molar-refractivity contribution in [1.82, 2.24) is 14.5 Å². The molecule has 2 saturated heterocycles. The smallest absolute Gasteiger partial charge is 0.250 e. The van der Waals surface area contributed by atoms with Crippen molar-refractivity contribution in [3.8, 4) is 11.4 Å². The summed E-state index contributed by atoms with van der Waals surface area (Å²) in [5.41, 5.74) is 3.46. The van der Waals surface area contributed by atoms with Crippen molar-refractivity contribution in [2.45, 2.75) is 51.1 Å². The lowest BCUT2D eigenvalue weighted by atomic mass is 9.83. The van der Waals surface area contributed by atoms with Gasteiger partial charge in [0.05, 0.1) is 30.9 Å². The van der Waals surface area contributed by atoms with Crippen molar-refractivity contribution < 1.29 is 22.7 Å². The zero-order valence-corrected chi connectivity index (χ0v) is 19.6. The first-order chi connectivity index (χ1) is 16.9. The molecule has 2 aliphatic heterocycles. The lowest BCUT2D eigenvalue weighted by Gasteiger charge is -2.46. The summed E-state index contributed by atoms with van der Waals surface area (Å²) < 4.78 is 48.9. The number of fused-ring (bicyclic) bond motifs is 1. The average molecular weight is 482 g/mol. The highest BCUT2D eigenvalue weighted by Gasteiger charge is 2.39. The van der Waals surface area contributed by atoms with Crippen molar-refractivity contribution >= 4 is 12.0 Å². The highest BCUT2D eigenvalue weighted by Crippen LogP contribution is 2.41. The summed E-state index contributed by atoms with van der Waals surface area (Å²) in [4.78, 5) is 19.6. The third-order valence-corrected chi connectivity index (χ3v) is 6.93. The predicted octanol–water partition coefficient (Wildman–Crippen LogP) is 5.91. The number of benzene rings is 2. The van der Waals surface area contributed by atoms with Gasteiger partial charge < -0.3 is 14.2 Å². The number of hydrogen-bond donors (Lipinski definition) is 0. The maximum absolute atomic E-state index is 14.0. The van der Waals surface area contributed by atoms with E-state index in [4.69, 9.17) is 4.74 Å². The number of carbonyl (C=O) groups excluding carboxylic acids is 1. The van der Waals surface area contributed by atoms with Gasteiger partial charge in [-0.1, -0.05) is 6.07 Å². The second kappa shape index (κ2) is 9.24. The Hall–Kier alpha value is -3.55. The highest BCUT2D eigenvalue weighted by atomic mass is 19.2. The molecule has 5 rings (SSSR count). The molecule has 182 valence electrons. The van der Waals surface area contributed by atoms with Gasteiger partial charge in [-0.2, -0.15) is 0 Å². The van der Waals surface area contributed by atoms with Gasteiger partial charge in [0.25, 0.3) is 5.91 Å². The molecule has 0 spiro atoms. The van der Waals surface area contributed by atoms with E-state index in [0.717, 1.165) is 48.3 Å². The zero-order valence-electron chi connectivity index (χ0n) is 19.6. The molecule has 3 aromatic rings. The number of ether oxygens (including phenoxy) is 1. The number of aromatic nitrogens is 2. The van der Waals surface area contributed by atoms with Crippen LogP contribution in [0.5, 0.6) is 5.75 Å². The molecule has 0 N–H and O–H groups in total. The lowest BCUT2D eigenvalue weighted by molar-refractivity contribution is -0.136. The second-order valence-corrected chi connectivity index (χ2v) is 9.17. The molecule has 35 heavy (non-hydrogen) atoms. The van der Waals surface area contributed by atoms with Crippen LogP contribution >= 0.6 is 0 Å². The number of amides is 1. The normalized spacial score (nSPS) is 21.3. The molecule has 2 atom stereocenters. The Morgan fingerprint density at radius 2 is 1.86 bits per heavy atom. The number of piperidine rings is 2. The minimum absolute atomic E-state index is 0.00373. The van der Waals surface area contributed by atoms with E-state index in [1.807, 2.05) is 42.0 Å². The van der Waals surface area contributed by atoms with Gasteiger partial charge in [0, 0.05) is 17.8 Å². The Bertz CT molecular complexity index is 1290. The number of methoxy groups -OCH3 is 1. The molecular formula is C27H26F3N3O2. The van der Waals surface area contributed by atoms with E-state index in [-0.39, 0.29) is 11.9 Å². The third kappa shape index (κ3) is 4.33. The van der Waals surface area contributed by atoms with Crippen molar-refractivity contribution in [3.63, 3.8) is 0 Å². The number of nitrogens with zero attached hydrogens (tertiary/aromatic N) is 3. The highest BCUT2D eigenvalue weighted by molar-refractivity contribution is 5.99. The van der Waals surface area contributed by atoms with Gasteiger partial charge in [-0.05, 0) is 80.5 Å². The Balaban J connectivity index is 1.46. The molecule has 1 aromatic heterocycles. The molecule has 8 heteroatoms. The fourth-order valence-electron chi connectivity index (χ4n) is 5.25. The molecule has 2 aliphatic rings. The average Bonchev–Trinajstić information content (AvgIpc) is 3.29. The summed E-state index contributed by atoms with van der Waals surface area (Å²) in [5, 5.41) is 0. The topological polar surface area (TPSA) is 47.4 Å². The van der Waals surface area contributed by atoms with Crippen LogP contribution in [0, 0.1) is 24.4 Å². The number of halogens is 3. The first-order valence-electron chi connectivity index (χ1n) is 11.7. The van der Waals surface area contributed by atoms with Crippen LogP contribution in [0.2, 0.25) is 0 Å². The van der Waals surface area contributed by atoms with Crippen molar-refractivity contribution in [3.05, 3.63) is 82.7 Å². The first-order valence-corrected chi connectivity index (χ1v) is 11.7. The van der Waals surface area contributed by atoms with Crippen LogP contribution in [0.3, 0.4) is 0 Å². The van der Waals surface area contributed by atoms with E-state index in [2.05, 4.69) is 4.98 Å². The molecule has 2 fully saturated rings. The van der Waals surface area contributed by atoms with Gasteiger partial charge >= 0.3 is 0 Å². The summed E-state index contributed by atoms with van der Waals surface area (Å²) in [6.07, 6.45) is 9.10. The van der Waals surface area contributed by atoms with E-state index in [1.54, 1.807) is 18.3 Å². The van der Waals surface area contributed by atoms with Crippen molar-refractivity contribution in [1.29, 1.82) is 0 Å². The van der Waals surface area contributed by atoms with E-state index >= 15 is 0 Å². The zero-order chi connectivity index (χ0) is 24.7. The van der Waals surface area contributed by atoms with Gasteiger partial charge in [0.1, 0.15) is 5.75 Å². The molecule has 0 bridgehead atoms. The number of rotatable bonds is 4. The largest absolute Gasteiger partial charge is 0.495 e. The lowest BCUT2D eigenvalue weighted by Crippen LogP contribution is -2.49. The number of carbonyl (C=O) groups is 1. The first kappa shape index (κ1) is 23.2. The summed E-state index contributed by atoms with van der Waals surface area (Å²) in [5.74, 6) is -3.46. The van der Waals surface area contributed by atoms with Crippen molar-refractivity contribution in [2.75, 3.05) is 7.11 Å². The Kier molecular flexibility index (Phi) is 6.13. The second-order valence-electron chi connectivity index (χ2n) is 9.17. The summed E-state index contributed by atoms with van der Waals surface area (Å²) in [6.45, 7) is 1.91. The molecule has 0 unspecified atom stereocenters. The predicted molar refractivity (Wildman–Crippen MR) is 126 cm³/mol. The SMILES string of the molecule is COc1cc(C=C2CC[C@H]3CCC[C@@H](c4cc(F)c(F)c(F)c4)N3C2=O)ccc1-n1cnc(C)c1. The monoisotopic (exact) mass is 481 g/mol. The van der Waals surface area contributed by atoms with Crippen LogP contribution in [0.15, 0.2) is 48.4 Å². The summed E-state index contributed by atoms with van der Waals surface area (Å²) in [6, 6.07) is 7.23. The van der Waals surface area contributed by atoms with Gasteiger partial charge in [-0.3, -0.25) is 4.79 Å². The minimum Gasteiger partial charge on any atom is -0.495 e. The maximum Gasteiger partial charge on any atom is 0.250 e. The third-order valence-electron chi connectivity index (χ3n) is 6.93. The standard InChI is InChI=1S/C27H26F3N3O2/c1-16-14-32(15-31-16)24-9-6-17(11-25(24)35-2)10-18-7-8-20-4-3-5-23(33(20)27(18)34)19-12-21(28)26(30)22(29)13-19/h6,9-15,20,23H,3-5,7-8H2,1-2H3/t20-,23+/m1/s1. The van der Waals surface area contributed by atoms with Gasteiger partial charge in [0.15, 0.2) is 17.5 Å². The van der Waals surface area contributed by atoms with Crippen LogP contribution < -0.4 is 4.74 Å². The van der Waals surface area contributed by atoms with Crippen LogP contribution in [0.25, 0.3) is 11.8 Å². The molecule has 1 amide bonds. The fraction of sp³-hybridized carbons (Fsp3) is 0.333. The number of imidazole rings is 1. The van der Waals surface area contributed by atoms with E-state index < -0.39 is 23.5 Å². The molecular weight excluding hydrogens is 455 g/mol. The van der Waals surface area contributed by atoms with Gasteiger partial charge in [0.2, 0.25) is 0 Å². The molecule has 5 nitrogen and oxygen atoms in total. The minimum atomic E-state index is -1.49.